The average molecular weight is 352 g/mol. The summed E-state index contributed by atoms with van der Waals surface area (Å²) in [5.41, 5.74) is 4.30. The van der Waals surface area contributed by atoms with E-state index in [0.717, 1.165) is 34.2 Å². The largest absolute Gasteiger partial charge is 0.281 e. The molecule has 3 heteroatoms. The highest BCUT2D eigenvalue weighted by molar-refractivity contribution is 5.85. The molecule has 0 aliphatic rings. The summed E-state index contributed by atoms with van der Waals surface area (Å²) >= 11 is 0. The maximum atomic E-state index is 8.97. The second-order valence-corrected chi connectivity index (χ2v) is 5.25. The molecule has 0 saturated heterocycles. The zero-order valence-corrected chi connectivity index (χ0v) is 17.1. The molecule has 140 valence electrons. The van der Waals surface area contributed by atoms with Gasteiger partial charge in [0.15, 0.2) is 0 Å². The molecule has 26 heavy (non-hydrogen) atoms. The lowest BCUT2D eigenvalue weighted by Crippen LogP contribution is -2.02. The van der Waals surface area contributed by atoms with Crippen molar-refractivity contribution in [2.75, 3.05) is 0 Å². The molecule has 1 atom stereocenters. The number of hydrogen-bond acceptors (Lipinski definition) is 2. The Morgan fingerprint density at radius 3 is 2.58 bits per heavy atom. The standard InChI is InChI=1S/C19H21N3.2C2H6/c1-4-6-10-15(5-2)16(12-8-13-20)19-17-11-7-9-14(3)18(17)21-22-19;2*1-2/h4-7,9-11,16H,2,8,12H2,1,3H3,(H,21,22);2*1-2H3/b6-4-,15-10+;;. The third kappa shape index (κ3) is 6.04. The fourth-order valence-electron chi connectivity index (χ4n) is 2.69. The molecule has 2 rings (SSSR count). The normalized spacial score (nSPS) is 11.8. The van der Waals surface area contributed by atoms with Gasteiger partial charge in [0.05, 0.1) is 17.3 Å². The summed E-state index contributed by atoms with van der Waals surface area (Å²) in [6, 6.07) is 8.42. The molecule has 0 aliphatic heterocycles. The Kier molecular flexibility index (Phi) is 12.3. The first-order valence-electron chi connectivity index (χ1n) is 9.48. The summed E-state index contributed by atoms with van der Waals surface area (Å²) in [4.78, 5) is 0. The number of nitrogens with one attached hydrogen (secondary N) is 1. The van der Waals surface area contributed by atoms with Crippen LogP contribution in [-0.2, 0) is 0 Å². The summed E-state index contributed by atoms with van der Waals surface area (Å²) in [7, 11) is 0. The van der Waals surface area contributed by atoms with Crippen molar-refractivity contribution in [1.82, 2.24) is 10.2 Å². The van der Waals surface area contributed by atoms with Crippen LogP contribution < -0.4 is 0 Å². The molecule has 3 nitrogen and oxygen atoms in total. The van der Waals surface area contributed by atoms with E-state index in [9.17, 15) is 0 Å². The van der Waals surface area contributed by atoms with E-state index in [1.807, 2.05) is 58.9 Å². The molecule has 0 amide bonds. The molecule has 1 N–H and O–H groups in total. The summed E-state index contributed by atoms with van der Waals surface area (Å²) in [6.45, 7) is 16.0. The van der Waals surface area contributed by atoms with Crippen molar-refractivity contribution in [1.29, 1.82) is 5.26 Å². The smallest absolute Gasteiger partial charge is 0.0953 e. The Morgan fingerprint density at radius 2 is 2.00 bits per heavy atom. The maximum absolute atomic E-state index is 8.97. The lowest BCUT2D eigenvalue weighted by atomic mass is 9.88. The minimum atomic E-state index is 0.0974. The average Bonchev–Trinajstić information content (AvgIpc) is 3.13. The summed E-state index contributed by atoms with van der Waals surface area (Å²) < 4.78 is 0. The van der Waals surface area contributed by atoms with Crippen molar-refractivity contribution in [2.45, 2.75) is 60.3 Å². The SMILES string of the molecule is C=C/C(=C\C=C/C)C(CCC#N)c1[nH]nc2c(C)cccc12.CC.CC. The van der Waals surface area contributed by atoms with Crippen LogP contribution in [0, 0.1) is 18.3 Å². The van der Waals surface area contributed by atoms with Gasteiger partial charge in [0, 0.05) is 17.7 Å². The molecule has 1 aromatic heterocycles. The summed E-state index contributed by atoms with van der Waals surface area (Å²) in [6.07, 6.45) is 9.15. The molecule has 2 aromatic rings. The monoisotopic (exact) mass is 351 g/mol. The van der Waals surface area contributed by atoms with E-state index >= 15 is 0 Å². The number of hydrogen-bond donors (Lipinski definition) is 1. The third-order valence-corrected chi connectivity index (χ3v) is 3.83. The Labute approximate surface area is 159 Å². The van der Waals surface area contributed by atoms with E-state index in [0.29, 0.717) is 6.42 Å². The van der Waals surface area contributed by atoms with Crippen LogP contribution in [0.2, 0.25) is 0 Å². The predicted molar refractivity (Wildman–Crippen MR) is 114 cm³/mol. The van der Waals surface area contributed by atoms with E-state index in [2.05, 4.69) is 48.0 Å². The first-order valence-corrected chi connectivity index (χ1v) is 9.48. The van der Waals surface area contributed by atoms with Gasteiger partial charge in [-0.15, -0.1) is 0 Å². The number of para-hydroxylation sites is 1. The molecule has 1 unspecified atom stereocenters. The number of aromatic amines is 1. The van der Waals surface area contributed by atoms with Gasteiger partial charge >= 0.3 is 0 Å². The van der Waals surface area contributed by atoms with Crippen molar-refractivity contribution < 1.29 is 0 Å². The molecule has 0 radical (unpaired) electrons. The van der Waals surface area contributed by atoms with Gasteiger partial charge < -0.3 is 0 Å². The van der Waals surface area contributed by atoms with Crippen LogP contribution in [0.1, 0.15) is 64.6 Å². The van der Waals surface area contributed by atoms with E-state index in [4.69, 9.17) is 5.26 Å². The molecule has 0 saturated carbocycles. The van der Waals surface area contributed by atoms with Crippen LogP contribution in [0.4, 0.5) is 0 Å². The van der Waals surface area contributed by atoms with Gasteiger partial charge in [0.2, 0.25) is 0 Å². The van der Waals surface area contributed by atoms with Crippen LogP contribution in [0.5, 0.6) is 0 Å². The van der Waals surface area contributed by atoms with Crippen molar-refractivity contribution in [3.05, 3.63) is 65.9 Å². The molecule has 0 bridgehead atoms. The highest BCUT2D eigenvalue weighted by Gasteiger charge is 2.19. The maximum Gasteiger partial charge on any atom is 0.0953 e. The fraction of sp³-hybridized carbons (Fsp3) is 0.391. The van der Waals surface area contributed by atoms with E-state index in [1.165, 1.54) is 0 Å². The topological polar surface area (TPSA) is 52.5 Å². The second kappa shape index (κ2) is 13.7. The van der Waals surface area contributed by atoms with Crippen molar-refractivity contribution in [3.8, 4) is 6.07 Å². The van der Waals surface area contributed by atoms with Crippen LogP contribution in [0.25, 0.3) is 10.9 Å². The molecule has 0 fully saturated rings. The number of benzene rings is 1. The third-order valence-electron chi connectivity index (χ3n) is 3.83. The van der Waals surface area contributed by atoms with Crippen molar-refractivity contribution in [3.63, 3.8) is 0 Å². The van der Waals surface area contributed by atoms with Gasteiger partial charge in [-0.1, -0.05) is 76.8 Å². The second-order valence-electron chi connectivity index (χ2n) is 5.25. The quantitative estimate of drug-likeness (QED) is 0.570. The number of allylic oxidation sites excluding steroid dienone is 5. The number of nitriles is 1. The predicted octanol–water partition coefficient (Wildman–Crippen LogP) is 7.00. The van der Waals surface area contributed by atoms with Crippen LogP contribution >= 0.6 is 0 Å². The fourth-order valence-corrected chi connectivity index (χ4v) is 2.69. The van der Waals surface area contributed by atoms with Crippen molar-refractivity contribution >= 4 is 10.9 Å². The van der Waals surface area contributed by atoms with Crippen LogP contribution in [0.3, 0.4) is 0 Å². The van der Waals surface area contributed by atoms with Gasteiger partial charge in [0.25, 0.3) is 0 Å². The first-order chi connectivity index (χ1) is 12.7. The van der Waals surface area contributed by atoms with Crippen LogP contribution in [-0.4, -0.2) is 10.2 Å². The number of rotatable bonds is 6. The van der Waals surface area contributed by atoms with E-state index < -0.39 is 0 Å². The van der Waals surface area contributed by atoms with Crippen molar-refractivity contribution in [2.24, 2.45) is 0 Å². The highest BCUT2D eigenvalue weighted by Crippen LogP contribution is 2.33. The lowest BCUT2D eigenvalue weighted by molar-refractivity contribution is 0.711. The number of aromatic nitrogens is 2. The Morgan fingerprint density at radius 1 is 1.31 bits per heavy atom. The first kappa shape index (κ1) is 23.4. The number of H-pyrrole nitrogens is 1. The molecule has 0 aliphatic carbocycles. The number of aryl methyl sites for hydroxylation is 1. The molecular weight excluding hydrogens is 318 g/mol. The van der Waals surface area contributed by atoms with Gasteiger partial charge in [-0.3, -0.25) is 5.10 Å². The lowest BCUT2D eigenvalue weighted by Gasteiger charge is -2.16. The molecule has 1 aromatic carbocycles. The minimum Gasteiger partial charge on any atom is -0.281 e. The Bertz CT molecular complexity index is 757. The Hall–Kier alpha value is -2.60. The number of fused-ring (bicyclic) bond motifs is 1. The van der Waals surface area contributed by atoms with Gasteiger partial charge in [-0.2, -0.15) is 10.4 Å². The van der Waals surface area contributed by atoms with E-state index in [-0.39, 0.29) is 5.92 Å². The van der Waals surface area contributed by atoms with Crippen LogP contribution in [0.15, 0.2) is 54.7 Å². The zero-order valence-electron chi connectivity index (χ0n) is 17.1. The minimum absolute atomic E-state index is 0.0974. The molecule has 1 heterocycles. The van der Waals surface area contributed by atoms with Gasteiger partial charge in [-0.25, -0.2) is 0 Å². The zero-order chi connectivity index (χ0) is 19.9. The summed E-state index contributed by atoms with van der Waals surface area (Å²) in [5, 5.41) is 17.7. The molecular formula is C23H33N3. The van der Waals surface area contributed by atoms with E-state index in [1.54, 1.807) is 0 Å². The number of nitrogens with zero attached hydrogens (tertiary/aromatic N) is 2. The Balaban J connectivity index is 0.00000146. The summed E-state index contributed by atoms with van der Waals surface area (Å²) in [5.74, 6) is 0.0974. The molecule has 0 spiro atoms. The van der Waals surface area contributed by atoms with Gasteiger partial charge in [-0.05, 0) is 31.4 Å². The van der Waals surface area contributed by atoms with Gasteiger partial charge in [0.1, 0.15) is 0 Å². The highest BCUT2D eigenvalue weighted by atomic mass is 15.1.